The molecular weight excluding hydrogens is 364 g/mol. The Morgan fingerprint density at radius 2 is 1.69 bits per heavy atom. The number of hydrogen-bond acceptors (Lipinski definition) is 4. The largest absolute Gasteiger partial charge is 0.344 e. The van der Waals surface area contributed by atoms with Crippen LogP contribution >= 0.6 is 22.7 Å². The van der Waals surface area contributed by atoms with Gasteiger partial charge in [-0.15, -0.1) is 22.7 Å². The van der Waals surface area contributed by atoms with Crippen LogP contribution in [-0.2, 0) is 0 Å². The summed E-state index contributed by atoms with van der Waals surface area (Å²) in [7, 11) is 0. The van der Waals surface area contributed by atoms with Crippen LogP contribution in [0.15, 0.2) is 59.3 Å². The van der Waals surface area contributed by atoms with Gasteiger partial charge in [0.1, 0.15) is 0 Å². The lowest BCUT2D eigenvalue weighted by molar-refractivity contribution is 0.0925. The molecule has 3 aromatic rings. The fourth-order valence-corrected chi connectivity index (χ4v) is 4.17. The van der Waals surface area contributed by atoms with Crippen molar-refractivity contribution < 1.29 is 9.59 Å². The topological polar surface area (TPSA) is 58.2 Å². The van der Waals surface area contributed by atoms with E-state index in [1.807, 2.05) is 29.0 Å². The Balaban J connectivity index is 1.72. The minimum absolute atomic E-state index is 0.0353. The van der Waals surface area contributed by atoms with Crippen LogP contribution in [0.3, 0.4) is 0 Å². The third kappa shape index (κ3) is 4.39. The quantitative estimate of drug-likeness (QED) is 0.614. The van der Waals surface area contributed by atoms with Gasteiger partial charge in [-0.1, -0.05) is 32.0 Å². The van der Waals surface area contributed by atoms with E-state index < -0.39 is 0 Å². The van der Waals surface area contributed by atoms with Gasteiger partial charge in [-0.05, 0) is 47.0 Å². The molecule has 0 unspecified atom stereocenters. The second-order valence-electron chi connectivity index (χ2n) is 6.22. The molecule has 134 valence electrons. The molecule has 0 saturated carbocycles. The summed E-state index contributed by atoms with van der Waals surface area (Å²) in [6.07, 6.45) is 0. The molecule has 6 heteroatoms. The predicted molar refractivity (Wildman–Crippen MR) is 108 cm³/mol. The zero-order valence-corrected chi connectivity index (χ0v) is 16.2. The summed E-state index contributed by atoms with van der Waals surface area (Å²) in [6.45, 7) is 4.17. The van der Waals surface area contributed by atoms with Gasteiger partial charge < -0.3 is 10.6 Å². The fourth-order valence-electron chi connectivity index (χ4n) is 2.60. The number of thiophene rings is 2. The lowest BCUT2D eigenvalue weighted by Gasteiger charge is -2.21. The molecule has 0 bridgehead atoms. The van der Waals surface area contributed by atoms with Crippen LogP contribution < -0.4 is 10.6 Å². The second kappa shape index (κ2) is 8.29. The first-order valence-corrected chi connectivity index (χ1v) is 10.1. The smallest absolute Gasteiger partial charge is 0.265 e. The molecule has 0 spiro atoms. The van der Waals surface area contributed by atoms with Crippen LogP contribution in [0.4, 0.5) is 5.69 Å². The van der Waals surface area contributed by atoms with Crippen molar-refractivity contribution in [2.45, 2.75) is 19.9 Å². The summed E-state index contributed by atoms with van der Waals surface area (Å²) < 4.78 is 0. The lowest BCUT2D eigenvalue weighted by atomic mass is 10.0. The van der Waals surface area contributed by atoms with E-state index in [-0.39, 0.29) is 23.8 Å². The van der Waals surface area contributed by atoms with Crippen molar-refractivity contribution in [2.24, 2.45) is 5.92 Å². The standard InChI is InChI=1S/C20H20N2O2S2/c1-13(2)18(16-8-4-10-25-16)22-19(23)14-6-3-7-15(12-14)21-20(24)17-9-5-11-26-17/h3-13,18H,1-2H3,(H,21,24)(H,22,23)/t18-/m1/s1. The first kappa shape index (κ1) is 18.4. The first-order chi connectivity index (χ1) is 12.5. The fraction of sp³-hybridized carbons (Fsp3) is 0.200. The van der Waals surface area contributed by atoms with Gasteiger partial charge in [-0.2, -0.15) is 0 Å². The third-order valence-electron chi connectivity index (χ3n) is 3.93. The van der Waals surface area contributed by atoms with Crippen molar-refractivity contribution in [3.63, 3.8) is 0 Å². The number of benzene rings is 1. The van der Waals surface area contributed by atoms with Crippen molar-refractivity contribution >= 4 is 40.2 Å². The van der Waals surface area contributed by atoms with Crippen LogP contribution in [0.25, 0.3) is 0 Å². The molecule has 0 aliphatic rings. The zero-order chi connectivity index (χ0) is 18.5. The van der Waals surface area contributed by atoms with Gasteiger partial charge >= 0.3 is 0 Å². The van der Waals surface area contributed by atoms with E-state index in [4.69, 9.17) is 0 Å². The zero-order valence-electron chi connectivity index (χ0n) is 14.6. The number of carbonyl (C=O) groups is 2. The summed E-state index contributed by atoms with van der Waals surface area (Å²) in [4.78, 5) is 26.7. The monoisotopic (exact) mass is 384 g/mol. The van der Waals surface area contributed by atoms with Crippen LogP contribution in [0.5, 0.6) is 0 Å². The average Bonchev–Trinajstić information content (AvgIpc) is 3.33. The highest BCUT2D eigenvalue weighted by Crippen LogP contribution is 2.26. The Bertz CT molecular complexity index is 871. The Labute approximate surface area is 160 Å². The molecule has 26 heavy (non-hydrogen) atoms. The summed E-state index contributed by atoms with van der Waals surface area (Å²) >= 11 is 3.02. The van der Waals surface area contributed by atoms with Crippen molar-refractivity contribution in [1.82, 2.24) is 5.32 Å². The Hall–Kier alpha value is -2.44. The number of amides is 2. The maximum Gasteiger partial charge on any atom is 0.265 e. The molecule has 3 rings (SSSR count). The lowest BCUT2D eigenvalue weighted by Crippen LogP contribution is -2.31. The maximum atomic E-state index is 12.7. The molecular formula is C20H20N2O2S2. The highest BCUT2D eigenvalue weighted by molar-refractivity contribution is 7.12. The van der Waals surface area contributed by atoms with E-state index in [0.29, 0.717) is 16.1 Å². The molecule has 0 fully saturated rings. The van der Waals surface area contributed by atoms with E-state index in [1.54, 1.807) is 41.7 Å². The molecule has 2 N–H and O–H groups in total. The normalized spacial score (nSPS) is 12.0. The highest BCUT2D eigenvalue weighted by atomic mass is 32.1. The molecule has 4 nitrogen and oxygen atoms in total. The summed E-state index contributed by atoms with van der Waals surface area (Å²) in [5.41, 5.74) is 1.13. The minimum atomic E-state index is -0.170. The number of carbonyl (C=O) groups excluding carboxylic acids is 2. The molecule has 2 amide bonds. The molecule has 2 aromatic heterocycles. The molecule has 0 aliphatic carbocycles. The van der Waals surface area contributed by atoms with Crippen molar-refractivity contribution in [3.8, 4) is 0 Å². The van der Waals surface area contributed by atoms with Gasteiger partial charge in [-0.3, -0.25) is 9.59 Å². The SMILES string of the molecule is CC(C)[C@@H](NC(=O)c1cccc(NC(=O)c2cccs2)c1)c1cccs1. The summed E-state index contributed by atoms with van der Waals surface area (Å²) in [6, 6.07) is 14.6. The van der Waals surface area contributed by atoms with Gasteiger partial charge in [0.15, 0.2) is 0 Å². The Morgan fingerprint density at radius 3 is 2.35 bits per heavy atom. The van der Waals surface area contributed by atoms with Crippen LogP contribution in [0, 0.1) is 5.92 Å². The van der Waals surface area contributed by atoms with Crippen molar-refractivity contribution in [1.29, 1.82) is 0 Å². The molecule has 2 heterocycles. The second-order valence-corrected chi connectivity index (χ2v) is 8.15. The van der Waals surface area contributed by atoms with Crippen LogP contribution in [0.1, 0.15) is 44.8 Å². The van der Waals surface area contributed by atoms with E-state index in [2.05, 4.69) is 24.5 Å². The van der Waals surface area contributed by atoms with Crippen molar-refractivity contribution in [2.75, 3.05) is 5.32 Å². The first-order valence-electron chi connectivity index (χ1n) is 8.34. The summed E-state index contributed by atoms with van der Waals surface area (Å²) in [5.74, 6) is -0.0418. The van der Waals surface area contributed by atoms with Gasteiger partial charge in [-0.25, -0.2) is 0 Å². The number of nitrogens with one attached hydrogen (secondary N) is 2. The van der Waals surface area contributed by atoms with Crippen molar-refractivity contribution in [3.05, 3.63) is 74.6 Å². The van der Waals surface area contributed by atoms with E-state index in [0.717, 1.165) is 4.88 Å². The van der Waals surface area contributed by atoms with E-state index in [1.165, 1.54) is 11.3 Å². The predicted octanol–water partition coefficient (Wildman–Crippen LogP) is 5.19. The minimum Gasteiger partial charge on any atom is -0.344 e. The average molecular weight is 385 g/mol. The third-order valence-corrected chi connectivity index (χ3v) is 5.75. The van der Waals surface area contributed by atoms with E-state index in [9.17, 15) is 9.59 Å². The number of hydrogen-bond donors (Lipinski definition) is 2. The molecule has 0 radical (unpaired) electrons. The Kier molecular flexibility index (Phi) is 5.85. The number of rotatable bonds is 6. The Morgan fingerprint density at radius 1 is 0.923 bits per heavy atom. The molecule has 1 atom stereocenters. The van der Waals surface area contributed by atoms with Gasteiger partial charge in [0.2, 0.25) is 0 Å². The maximum absolute atomic E-state index is 12.7. The number of anilines is 1. The van der Waals surface area contributed by atoms with Gasteiger partial charge in [0, 0.05) is 16.1 Å². The van der Waals surface area contributed by atoms with Gasteiger partial charge in [0.25, 0.3) is 11.8 Å². The highest BCUT2D eigenvalue weighted by Gasteiger charge is 2.20. The van der Waals surface area contributed by atoms with Gasteiger partial charge in [0.05, 0.1) is 10.9 Å². The molecule has 0 aliphatic heterocycles. The summed E-state index contributed by atoms with van der Waals surface area (Å²) in [5, 5.41) is 9.81. The van der Waals surface area contributed by atoms with Crippen LogP contribution in [0.2, 0.25) is 0 Å². The van der Waals surface area contributed by atoms with E-state index >= 15 is 0 Å². The molecule has 1 aromatic carbocycles. The molecule has 0 saturated heterocycles. The van der Waals surface area contributed by atoms with Crippen LogP contribution in [-0.4, -0.2) is 11.8 Å².